The molecule has 0 aromatic carbocycles. The molecule has 3 heteroatoms. The maximum atomic E-state index is 4.42. The molecule has 1 heterocycles. The second kappa shape index (κ2) is 3.52. The van der Waals surface area contributed by atoms with Gasteiger partial charge in [-0.3, -0.25) is 0 Å². The van der Waals surface area contributed by atoms with Crippen LogP contribution in [0.1, 0.15) is 27.7 Å². The summed E-state index contributed by atoms with van der Waals surface area (Å²) in [6, 6.07) is 0. The summed E-state index contributed by atoms with van der Waals surface area (Å²) in [4.78, 5) is 0. The van der Waals surface area contributed by atoms with E-state index in [-0.39, 0.29) is 10.9 Å². The number of nitrogens with zero attached hydrogens (tertiary/aromatic N) is 2. The van der Waals surface area contributed by atoms with Gasteiger partial charge in [-0.05, 0) is 17.7 Å². The zero-order chi connectivity index (χ0) is 9.30. The SMILES string of the molecule is C=S1N=C(C(C)C)C(C(C)C)=N1. The lowest BCUT2D eigenvalue weighted by Gasteiger charge is -2.09. The van der Waals surface area contributed by atoms with E-state index < -0.39 is 0 Å². The molecule has 0 radical (unpaired) electrons. The summed E-state index contributed by atoms with van der Waals surface area (Å²) in [6.07, 6.45) is 0. The molecule has 0 fully saturated rings. The summed E-state index contributed by atoms with van der Waals surface area (Å²) in [5, 5.41) is 0. The largest absolute Gasteiger partial charge is 0.205 e. The Morgan fingerprint density at radius 1 is 1.00 bits per heavy atom. The highest BCUT2D eigenvalue weighted by molar-refractivity contribution is 8.12. The van der Waals surface area contributed by atoms with Crippen LogP contribution in [0.4, 0.5) is 0 Å². The van der Waals surface area contributed by atoms with Crippen LogP contribution in [0.25, 0.3) is 0 Å². The molecule has 1 aliphatic rings. The van der Waals surface area contributed by atoms with Crippen LogP contribution in [-0.2, 0) is 0 Å². The maximum absolute atomic E-state index is 4.42. The quantitative estimate of drug-likeness (QED) is 0.590. The Labute approximate surface area is 77.0 Å². The zero-order valence-electron chi connectivity index (χ0n) is 8.16. The summed E-state index contributed by atoms with van der Waals surface area (Å²) in [5.41, 5.74) is 2.31. The van der Waals surface area contributed by atoms with Gasteiger partial charge in [-0.2, -0.15) is 0 Å². The summed E-state index contributed by atoms with van der Waals surface area (Å²) in [5.74, 6) is 4.81. The van der Waals surface area contributed by atoms with Crippen molar-refractivity contribution in [2.24, 2.45) is 20.6 Å². The van der Waals surface area contributed by atoms with Gasteiger partial charge < -0.3 is 0 Å². The predicted octanol–water partition coefficient (Wildman–Crippen LogP) is 2.72. The molecule has 2 nitrogen and oxygen atoms in total. The summed E-state index contributed by atoms with van der Waals surface area (Å²) >= 11 is 0. The second-order valence-corrected chi connectivity index (χ2v) is 4.65. The van der Waals surface area contributed by atoms with Gasteiger partial charge in [-0.25, -0.2) is 8.80 Å². The van der Waals surface area contributed by atoms with Crippen LogP contribution in [0, 0.1) is 11.8 Å². The highest BCUT2D eigenvalue weighted by Gasteiger charge is 2.21. The van der Waals surface area contributed by atoms with Crippen molar-refractivity contribution >= 4 is 28.1 Å². The molecule has 1 rings (SSSR count). The van der Waals surface area contributed by atoms with E-state index in [1.807, 2.05) is 0 Å². The molecular formula is C9H16N2S. The molecule has 0 spiro atoms. The average molecular weight is 184 g/mol. The van der Waals surface area contributed by atoms with Crippen molar-refractivity contribution in [2.45, 2.75) is 27.7 Å². The normalized spacial score (nSPS) is 18.8. The predicted molar refractivity (Wildman–Crippen MR) is 59.3 cm³/mol. The highest BCUT2D eigenvalue weighted by atomic mass is 32.2. The van der Waals surface area contributed by atoms with E-state index in [1.54, 1.807) is 0 Å². The Kier molecular flexibility index (Phi) is 2.83. The van der Waals surface area contributed by atoms with E-state index in [4.69, 9.17) is 0 Å². The molecule has 0 aromatic heterocycles. The Bertz CT molecular complexity index is 236. The summed E-state index contributed by atoms with van der Waals surface area (Å²) in [6.45, 7) is 8.61. The van der Waals surface area contributed by atoms with Crippen LogP contribution < -0.4 is 0 Å². The Morgan fingerprint density at radius 2 is 1.33 bits per heavy atom. The molecular weight excluding hydrogens is 168 g/mol. The van der Waals surface area contributed by atoms with E-state index in [0.717, 1.165) is 11.4 Å². The average Bonchev–Trinajstić information content (AvgIpc) is 2.31. The Morgan fingerprint density at radius 3 is 1.58 bits per heavy atom. The van der Waals surface area contributed by atoms with Gasteiger partial charge in [-0.15, -0.1) is 0 Å². The van der Waals surface area contributed by atoms with Gasteiger partial charge in [0.15, 0.2) is 0 Å². The first-order chi connectivity index (χ1) is 5.52. The van der Waals surface area contributed by atoms with Gasteiger partial charge >= 0.3 is 0 Å². The first-order valence-corrected chi connectivity index (χ1v) is 5.55. The van der Waals surface area contributed by atoms with Crippen LogP contribution in [0.3, 0.4) is 0 Å². The maximum Gasteiger partial charge on any atom is 0.0750 e. The van der Waals surface area contributed by atoms with Crippen molar-refractivity contribution in [1.29, 1.82) is 0 Å². The minimum atomic E-state index is -0.348. The molecule has 1 aliphatic heterocycles. The summed E-state index contributed by atoms with van der Waals surface area (Å²) in [7, 11) is -0.348. The zero-order valence-corrected chi connectivity index (χ0v) is 8.98. The first kappa shape index (κ1) is 9.65. The fraction of sp³-hybridized carbons (Fsp3) is 0.667. The molecule has 0 saturated heterocycles. The highest BCUT2D eigenvalue weighted by Crippen LogP contribution is 2.26. The third kappa shape index (κ3) is 1.83. The van der Waals surface area contributed by atoms with E-state index >= 15 is 0 Å². The number of hydrogen-bond acceptors (Lipinski definition) is 2. The topological polar surface area (TPSA) is 24.7 Å². The fourth-order valence-electron chi connectivity index (χ4n) is 1.14. The van der Waals surface area contributed by atoms with Gasteiger partial charge in [0, 0.05) is 10.9 Å². The Balaban J connectivity index is 2.95. The van der Waals surface area contributed by atoms with Gasteiger partial charge in [0.1, 0.15) is 0 Å². The van der Waals surface area contributed by atoms with Gasteiger partial charge in [0.25, 0.3) is 0 Å². The molecule has 0 unspecified atom stereocenters. The smallest absolute Gasteiger partial charge is 0.0750 e. The van der Waals surface area contributed by atoms with Crippen molar-refractivity contribution in [3.8, 4) is 0 Å². The van der Waals surface area contributed by atoms with Crippen molar-refractivity contribution in [3.63, 3.8) is 0 Å². The van der Waals surface area contributed by atoms with Crippen molar-refractivity contribution < 1.29 is 0 Å². The standard InChI is InChI=1S/C9H16N2S/c1-6(2)8-9(7(3)4)11-12(5)10-8/h6-7H,5H2,1-4H3. The molecule has 0 N–H and O–H groups in total. The van der Waals surface area contributed by atoms with E-state index in [0.29, 0.717) is 11.8 Å². The van der Waals surface area contributed by atoms with E-state index in [1.165, 1.54) is 0 Å². The lowest BCUT2D eigenvalue weighted by atomic mass is 9.96. The molecule has 12 heavy (non-hydrogen) atoms. The van der Waals surface area contributed by atoms with Gasteiger partial charge in [0.2, 0.25) is 0 Å². The molecule has 0 atom stereocenters. The van der Waals surface area contributed by atoms with Crippen LogP contribution in [-0.4, -0.2) is 17.3 Å². The molecule has 68 valence electrons. The minimum Gasteiger partial charge on any atom is -0.205 e. The third-order valence-electron chi connectivity index (χ3n) is 1.76. The van der Waals surface area contributed by atoms with Gasteiger partial charge in [0.05, 0.1) is 11.4 Å². The molecule has 0 amide bonds. The Hall–Kier alpha value is -0.440. The molecule has 0 aliphatic carbocycles. The van der Waals surface area contributed by atoms with Gasteiger partial charge in [-0.1, -0.05) is 27.7 Å². The van der Waals surface area contributed by atoms with Crippen LogP contribution in [0.15, 0.2) is 8.80 Å². The molecule has 0 aromatic rings. The van der Waals surface area contributed by atoms with Crippen molar-refractivity contribution in [3.05, 3.63) is 0 Å². The molecule has 0 saturated carbocycles. The van der Waals surface area contributed by atoms with Crippen molar-refractivity contribution in [2.75, 3.05) is 0 Å². The van der Waals surface area contributed by atoms with Crippen molar-refractivity contribution in [1.82, 2.24) is 0 Å². The fourth-order valence-corrected chi connectivity index (χ4v) is 2.25. The lowest BCUT2D eigenvalue weighted by molar-refractivity contribution is 0.862. The number of rotatable bonds is 2. The first-order valence-electron chi connectivity index (χ1n) is 4.24. The monoisotopic (exact) mass is 184 g/mol. The minimum absolute atomic E-state index is 0.348. The lowest BCUT2D eigenvalue weighted by Crippen LogP contribution is -2.22. The van der Waals surface area contributed by atoms with E-state index in [9.17, 15) is 0 Å². The summed E-state index contributed by atoms with van der Waals surface area (Å²) < 4.78 is 8.84. The van der Waals surface area contributed by atoms with Crippen LogP contribution in [0.2, 0.25) is 0 Å². The van der Waals surface area contributed by atoms with Crippen LogP contribution in [0.5, 0.6) is 0 Å². The van der Waals surface area contributed by atoms with E-state index in [2.05, 4.69) is 42.4 Å². The van der Waals surface area contributed by atoms with Crippen LogP contribution >= 0.6 is 10.9 Å². The second-order valence-electron chi connectivity index (χ2n) is 3.60. The third-order valence-corrected chi connectivity index (χ3v) is 2.58. The molecule has 0 bridgehead atoms. The number of hydrogen-bond donors (Lipinski definition) is 0.